The number of piperidine rings is 3. The molecule has 0 radical (unpaired) electrons. The molecule has 0 aliphatic carbocycles. The SMILES string of the molecule is COC1(C#CC(c2ccccc2)c2ccccc2)CN2CCC1CC2. The van der Waals surface area contributed by atoms with Gasteiger partial charge < -0.3 is 4.74 Å². The average Bonchev–Trinajstić information content (AvgIpc) is 2.71. The number of ether oxygens (including phenoxy) is 1. The van der Waals surface area contributed by atoms with Crippen molar-refractivity contribution >= 4 is 0 Å². The van der Waals surface area contributed by atoms with Gasteiger partial charge in [-0.2, -0.15) is 0 Å². The highest BCUT2D eigenvalue weighted by atomic mass is 16.5. The standard InChI is InChI=1S/C23H25NO/c1-25-23(18-24-16-13-21(23)14-17-24)15-12-22(19-8-4-2-5-9-19)20-10-6-3-7-11-20/h2-11,21-22H,13-14,16-18H2,1H3. The van der Waals surface area contributed by atoms with Gasteiger partial charge in [0.05, 0.1) is 5.92 Å². The van der Waals surface area contributed by atoms with E-state index in [9.17, 15) is 0 Å². The molecule has 128 valence electrons. The first-order valence-electron chi connectivity index (χ1n) is 9.21. The summed E-state index contributed by atoms with van der Waals surface area (Å²) in [7, 11) is 1.83. The molecule has 0 N–H and O–H groups in total. The number of rotatable bonds is 3. The van der Waals surface area contributed by atoms with Crippen molar-refractivity contribution in [3.05, 3.63) is 71.8 Å². The van der Waals surface area contributed by atoms with Crippen LogP contribution in [0.5, 0.6) is 0 Å². The number of nitrogens with zero attached hydrogens (tertiary/aromatic N) is 1. The molecule has 3 heterocycles. The van der Waals surface area contributed by atoms with Crippen LogP contribution >= 0.6 is 0 Å². The van der Waals surface area contributed by atoms with Gasteiger partial charge in [-0.25, -0.2) is 0 Å². The molecule has 3 aliphatic rings. The number of benzene rings is 2. The van der Waals surface area contributed by atoms with Gasteiger partial charge in [-0.05, 0) is 37.1 Å². The van der Waals surface area contributed by atoms with Crippen molar-refractivity contribution in [2.45, 2.75) is 24.4 Å². The van der Waals surface area contributed by atoms with Gasteiger partial charge in [0.2, 0.25) is 0 Å². The lowest BCUT2D eigenvalue weighted by atomic mass is 9.75. The molecule has 0 amide bonds. The molecule has 2 aromatic carbocycles. The largest absolute Gasteiger partial charge is 0.364 e. The molecule has 2 bridgehead atoms. The molecular weight excluding hydrogens is 306 g/mol. The van der Waals surface area contributed by atoms with Crippen LogP contribution in [0.2, 0.25) is 0 Å². The summed E-state index contributed by atoms with van der Waals surface area (Å²) >= 11 is 0. The molecule has 2 nitrogen and oxygen atoms in total. The highest BCUT2D eigenvalue weighted by Crippen LogP contribution is 2.38. The second kappa shape index (κ2) is 7.04. The summed E-state index contributed by atoms with van der Waals surface area (Å²) < 4.78 is 6.02. The van der Waals surface area contributed by atoms with E-state index >= 15 is 0 Å². The van der Waals surface area contributed by atoms with Gasteiger partial charge in [0.25, 0.3) is 0 Å². The number of fused-ring (bicyclic) bond motifs is 3. The second-order valence-electron chi connectivity index (χ2n) is 7.17. The summed E-state index contributed by atoms with van der Waals surface area (Å²) in [5.41, 5.74) is 2.18. The van der Waals surface area contributed by atoms with E-state index in [1.165, 1.54) is 37.1 Å². The monoisotopic (exact) mass is 331 g/mol. The third-order valence-electron chi connectivity index (χ3n) is 5.76. The molecule has 0 saturated carbocycles. The second-order valence-corrected chi connectivity index (χ2v) is 7.17. The zero-order valence-electron chi connectivity index (χ0n) is 14.8. The normalized spacial score (nSPS) is 27.8. The van der Waals surface area contributed by atoms with Crippen molar-refractivity contribution in [1.82, 2.24) is 4.90 Å². The smallest absolute Gasteiger partial charge is 0.143 e. The molecule has 0 spiro atoms. The Morgan fingerprint density at radius 2 is 1.52 bits per heavy atom. The average molecular weight is 331 g/mol. The van der Waals surface area contributed by atoms with Crippen LogP contribution in [0, 0.1) is 17.8 Å². The fourth-order valence-corrected chi connectivity index (χ4v) is 4.29. The molecule has 3 saturated heterocycles. The molecule has 5 rings (SSSR count). The fraction of sp³-hybridized carbons (Fsp3) is 0.391. The molecule has 2 aromatic rings. The first-order chi connectivity index (χ1) is 12.3. The van der Waals surface area contributed by atoms with E-state index in [-0.39, 0.29) is 11.5 Å². The van der Waals surface area contributed by atoms with Crippen LogP contribution < -0.4 is 0 Å². The van der Waals surface area contributed by atoms with Crippen molar-refractivity contribution in [3.8, 4) is 11.8 Å². The van der Waals surface area contributed by atoms with Gasteiger partial charge in [-0.1, -0.05) is 72.5 Å². The van der Waals surface area contributed by atoms with E-state index in [0.717, 1.165) is 6.54 Å². The molecule has 0 aromatic heterocycles. The maximum Gasteiger partial charge on any atom is 0.143 e. The van der Waals surface area contributed by atoms with Crippen LogP contribution in [0.15, 0.2) is 60.7 Å². The van der Waals surface area contributed by atoms with Crippen molar-refractivity contribution in [3.63, 3.8) is 0 Å². The minimum atomic E-state index is -0.307. The molecule has 25 heavy (non-hydrogen) atoms. The topological polar surface area (TPSA) is 12.5 Å². The Hall–Kier alpha value is -2.08. The Bertz CT molecular complexity index is 713. The minimum absolute atomic E-state index is 0.0879. The summed E-state index contributed by atoms with van der Waals surface area (Å²) in [4.78, 5) is 2.50. The van der Waals surface area contributed by atoms with Crippen LogP contribution in [0.3, 0.4) is 0 Å². The van der Waals surface area contributed by atoms with E-state index in [1.807, 2.05) is 7.11 Å². The van der Waals surface area contributed by atoms with E-state index < -0.39 is 0 Å². The van der Waals surface area contributed by atoms with E-state index in [0.29, 0.717) is 5.92 Å². The van der Waals surface area contributed by atoms with E-state index in [2.05, 4.69) is 77.4 Å². The van der Waals surface area contributed by atoms with Crippen molar-refractivity contribution in [2.24, 2.45) is 5.92 Å². The number of hydrogen-bond acceptors (Lipinski definition) is 2. The summed E-state index contributed by atoms with van der Waals surface area (Å²) in [6, 6.07) is 21.2. The van der Waals surface area contributed by atoms with Gasteiger partial charge in [-0.15, -0.1) is 0 Å². The van der Waals surface area contributed by atoms with Crippen LogP contribution in [0.25, 0.3) is 0 Å². The lowest BCUT2D eigenvalue weighted by molar-refractivity contribution is -0.0962. The molecule has 3 fully saturated rings. The highest BCUT2D eigenvalue weighted by molar-refractivity contribution is 5.41. The summed E-state index contributed by atoms with van der Waals surface area (Å²) in [5.74, 6) is 7.84. The van der Waals surface area contributed by atoms with E-state index in [1.54, 1.807) is 0 Å². The van der Waals surface area contributed by atoms with Crippen LogP contribution in [0.1, 0.15) is 29.9 Å². The quantitative estimate of drug-likeness (QED) is 0.790. The Labute approximate surface area is 150 Å². The van der Waals surface area contributed by atoms with Gasteiger partial charge in [0, 0.05) is 19.6 Å². The maximum atomic E-state index is 6.02. The Kier molecular flexibility index (Phi) is 4.61. The molecule has 1 atom stereocenters. The summed E-state index contributed by atoms with van der Waals surface area (Å²) in [5, 5.41) is 0. The van der Waals surface area contributed by atoms with Gasteiger partial charge in [0.15, 0.2) is 0 Å². The molecule has 2 heteroatoms. The lowest BCUT2D eigenvalue weighted by Crippen LogP contribution is -2.59. The van der Waals surface area contributed by atoms with Crippen LogP contribution in [-0.2, 0) is 4.74 Å². The minimum Gasteiger partial charge on any atom is -0.364 e. The predicted molar refractivity (Wildman–Crippen MR) is 101 cm³/mol. The third kappa shape index (κ3) is 3.23. The van der Waals surface area contributed by atoms with Gasteiger partial charge >= 0.3 is 0 Å². The Balaban J connectivity index is 1.71. The highest BCUT2D eigenvalue weighted by Gasteiger charge is 2.46. The van der Waals surface area contributed by atoms with Crippen molar-refractivity contribution < 1.29 is 4.74 Å². The van der Waals surface area contributed by atoms with Crippen molar-refractivity contribution in [2.75, 3.05) is 26.7 Å². The van der Waals surface area contributed by atoms with Gasteiger partial charge in [0.1, 0.15) is 5.60 Å². The molecular formula is C23H25NO. The number of hydrogen-bond donors (Lipinski definition) is 0. The third-order valence-corrected chi connectivity index (χ3v) is 5.76. The van der Waals surface area contributed by atoms with Crippen molar-refractivity contribution in [1.29, 1.82) is 0 Å². The van der Waals surface area contributed by atoms with E-state index in [4.69, 9.17) is 4.74 Å². The fourth-order valence-electron chi connectivity index (χ4n) is 4.29. The van der Waals surface area contributed by atoms with Gasteiger partial charge in [-0.3, -0.25) is 4.90 Å². The molecule has 1 unspecified atom stereocenters. The van der Waals surface area contributed by atoms with Crippen LogP contribution in [0.4, 0.5) is 0 Å². The lowest BCUT2D eigenvalue weighted by Gasteiger charge is -2.49. The maximum absolute atomic E-state index is 6.02. The van der Waals surface area contributed by atoms with Crippen LogP contribution in [-0.4, -0.2) is 37.2 Å². The summed E-state index contributed by atoms with van der Waals surface area (Å²) in [6.45, 7) is 3.33. The first kappa shape index (κ1) is 16.4. The Morgan fingerprint density at radius 1 is 0.960 bits per heavy atom. The Morgan fingerprint density at radius 3 is 1.96 bits per heavy atom. The first-order valence-corrected chi connectivity index (χ1v) is 9.21. The molecule has 3 aliphatic heterocycles. The zero-order chi connectivity index (χ0) is 17.1. The summed E-state index contributed by atoms with van der Waals surface area (Å²) in [6.07, 6.45) is 2.40. The zero-order valence-corrected chi connectivity index (χ0v) is 14.8. The number of methoxy groups -OCH3 is 1. The predicted octanol–water partition coefficient (Wildman–Crippen LogP) is 3.93.